The van der Waals surface area contributed by atoms with Gasteiger partial charge in [0.05, 0.1) is 10.8 Å². The molecule has 0 radical (unpaired) electrons. The first-order valence-electron chi connectivity index (χ1n) is 6.38. The van der Waals surface area contributed by atoms with E-state index in [9.17, 15) is 8.42 Å². The third kappa shape index (κ3) is 3.94. The fourth-order valence-corrected chi connectivity index (χ4v) is 2.70. The van der Waals surface area contributed by atoms with E-state index in [0.717, 1.165) is 18.5 Å². The van der Waals surface area contributed by atoms with E-state index in [-0.39, 0.29) is 6.04 Å². The quantitative estimate of drug-likeness (QED) is 0.878. The molecular formula is C14H22ClNO2S. The predicted octanol–water partition coefficient (Wildman–Crippen LogP) is 3.20. The third-order valence-corrected chi connectivity index (χ3v) is 5.85. The Kier molecular flexibility index (Phi) is 5.42. The first kappa shape index (κ1) is 16.5. The molecule has 0 bridgehead atoms. The summed E-state index contributed by atoms with van der Waals surface area (Å²) in [4.78, 5) is 0. The SMILES string of the molecule is CCCNC(c1ccc(Cl)cc1)C(C)(C)S(C)(=O)=O. The van der Waals surface area contributed by atoms with Gasteiger partial charge in [0.25, 0.3) is 0 Å². The Hall–Kier alpha value is -0.580. The maximum Gasteiger partial charge on any atom is 0.154 e. The van der Waals surface area contributed by atoms with Crippen molar-refractivity contribution in [2.45, 2.75) is 38.0 Å². The van der Waals surface area contributed by atoms with Crippen LogP contribution in [0, 0.1) is 0 Å². The van der Waals surface area contributed by atoms with E-state index < -0.39 is 14.6 Å². The predicted molar refractivity (Wildman–Crippen MR) is 81.4 cm³/mol. The molecule has 19 heavy (non-hydrogen) atoms. The second-order valence-electron chi connectivity index (χ2n) is 5.31. The fraction of sp³-hybridized carbons (Fsp3) is 0.571. The van der Waals surface area contributed by atoms with Crippen molar-refractivity contribution in [3.05, 3.63) is 34.9 Å². The average molecular weight is 304 g/mol. The summed E-state index contributed by atoms with van der Waals surface area (Å²) in [5.41, 5.74) is 0.938. The Bertz CT molecular complexity index is 509. The zero-order valence-corrected chi connectivity index (χ0v) is 13.5. The molecule has 1 aromatic carbocycles. The Morgan fingerprint density at radius 2 is 1.79 bits per heavy atom. The van der Waals surface area contributed by atoms with Gasteiger partial charge in [-0.25, -0.2) is 8.42 Å². The number of benzene rings is 1. The van der Waals surface area contributed by atoms with Crippen molar-refractivity contribution in [1.29, 1.82) is 0 Å². The molecule has 1 N–H and O–H groups in total. The minimum Gasteiger partial charge on any atom is -0.309 e. The Morgan fingerprint density at radius 1 is 1.26 bits per heavy atom. The van der Waals surface area contributed by atoms with Crippen LogP contribution in [0.3, 0.4) is 0 Å². The summed E-state index contributed by atoms with van der Waals surface area (Å²) in [6, 6.07) is 7.08. The summed E-state index contributed by atoms with van der Waals surface area (Å²) in [5.74, 6) is 0. The largest absolute Gasteiger partial charge is 0.309 e. The highest BCUT2D eigenvalue weighted by Crippen LogP contribution is 2.32. The zero-order valence-electron chi connectivity index (χ0n) is 11.9. The molecule has 0 aliphatic heterocycles. The van der Waals surface area contributed by atoms with Gasteiger partial charge >= 0.3 is 0 Å². The van der Waals surface area contributed by atoms with Crippen molar-refractivity contribution in [3.63, 3.8) is 0 Å². The van der Waals surface area contributed by atoms with Gasteiger partial charge in [-0.3, -0.25) is 0 Å². The van der Waals surface area contributed by atoms with Gasteiger partial charge in [0.15, 0.2) is 9.84 Å². The highest BCUT2D eigenvalue weighted by molar-refractivity contribution is 7.92. The van der Waals surface area contributed by atoms with Crippen molar-refractivity contribution in [1.82, 2.24) is 5.32 Å². The number of hydrogen-bond acceptors (Lipinski definition) is 3. The number of hydrogen-bond donors (Lipinski definition) is 1. The Balaban J connectivity index is 3.18. The molecular weight excluding hydrogens is 282 g/mol. The summed E-state index contributed by atoms with van der Waals surface area (Å²) in [6.45, 7) is 6.33. The lowest BCUT2D eigenvalue weighted by atomic mass is 9.95. The molecule has 5 heteroatoms. The van der Waals surface area contributed by atoms with Gasteiger partial charge in [-0.1, -0.05) is 30.7 Å². The molecule has 1 atom stereocenters. The monoisotopic (exact) mass is 303 g/mol. The van der Waals surface area contributed by atoms with Gasteiger partial charge < -0.3 is 5.32 Å². The molecule has 0 saturated carbocycles. The second-order valence-corrected chi connectivity index (χ2v) is 8.35. The molecule has 1 unspecified atom stereocenters. The number of sulfone groups is 1. The van der Waals surface area contributed by atoms with Gasteiger partial charge in [0.2, 0.25) is 0 Å². The van der Waals surface area contributed by atoms with Crippen LogP contribution in [0.5, 0.6) is 0 Å². The van der Waals surface area contributed by atoms with Gasteiger partial charge in [0.1, 0.15) is 0 Å². The highest BCUT2D eigenvalue weighted by Gasteiger charge is 2.39. The topological polar surface area (TPSA) is 46.2 Å². The van der Waals surface area contributed by atoms with Crippen LogP contribution in [0.2, 0.25) is 5.02 Å². The van der Waals surface area contributed by atoms with Crippen LogP contribution in [0.4, 0.5) is 0 Å². The number of rotatable bonds is 6. The Morgan fingerprint density at radius 3 is 2.21 bits per heavy atom. The van der Waals surface area contributed by atoms with Crippen molar-refractivity contribution in [2.24, 2.45) is 0 Å². The van der Waals surface area contributed by atoms with Crippen LogP contribution in [0.1, 0.15) is 38.8 Å². The van der Waals surface area contributed by atoms with Crippen LogP contribution in [0.15, 0.2) is 24.3 Å². The molecule has 0 spiro atoms. The third-order valence-electron chi connectivity index (χ3n) is 3.45. The molecule has 0 heterocycles. The van der Waals surface area contributed by atoms with Crippen LogP contribution in [-0.2, 0) is 9.84 Å². The summed E-state index contributed by atoms with van der Waals surface area (Å²) in [5, 5.41) is 3.98. The normalized spacial score (nSPS) is 14.4. The average Bonchev–Trinajstić information content (AvgIpc) is 2.30. The summed E-state index contributed by atoms with van der Waals surface area (Å²) < 4.78 is 23.2. The fourth-order valence-electron chi connectivity index (χ4n) is 1.92. The van der Waals surface area contributed by atoms with E-state index in [0.29, 0.717) is 5.02 Å². The van der Waals surface area contributed by atoms with E-state index in [2.05, 4.69) is 12.2 Å². The molecule has 0 aliphatic carbocycles. The minimum absolute atomic E-state index is 0.250. The molecule has 0 aromatic heterocycles. The molecule has 0 aliphatic rings. The van der Waals surface area contributed by atoms with Gasteiger partial charge in [0, 0.05) is 11.3 Å². The van der Waals surface area contributed by atoms with E-state index in [1.54, 1.807) is 26.0 Å². The van der Waals surface area contributed by atoms with Crippen LogP contribution < -0.4 is 5.32 Å². The van der Waals surface area contributed by atoms with E-state index >= 15 is 0 Å². The molecule has 3 nitrogen and oxygen atoms in total. The molecule has 0 saturated heterocycles. The number of halogens is 1. The van der Waals surface area contributed by atoms with Crippen molar-refractivity contribution in [3.8, 4) is 0 Å². The minimum atomic E-state index is -3.19. The summed E-state index contributed by atoms with van der Waals surface area (Å²) in [7, 11) is -3.19. The van der Waals surface area contributed by atoms with Gasteiger partial charge in [-0.15, -0.1) is 0 Å². The van der Waals surface area contributed by atoms with Crippen molar-refractivity contribution < 1.29 is 8.42 Å². The van der Waals surface area contributed by atoms with E-state index in [4.69, 9.17) is 11.6 Å². The van der Waals surface area contributed by atoms with Crippen molar-refractivity contribution in [2.75, 3.05) is 12.8 Å². The lowest BCUT2D eigenvalue weighted by Gasteiger charge is -2.34. The maximum atomic E-state index is 12.0. The van der Waals surface area contributed by atoms with Crippen LogP contribution >= 0.6 is 11.6 Å². The molecule has 0 amide bonds. The highest BCUT2D eigenvalue weighted by atomic mass is 35.5. The first-order valence-corrected chi connectivity index (χ1v) is 8.65. The maximum absolute atomic E-state index is 12.0. The lowest BCUT2D eigenvalue weighted by Crippen LogP contribution is -2.45. The lowest BCUT2D eigenvalue weighted by molar-refractivity contribution is 0.420. The van der Waals surface area contributed by atoms with E-state index in [1.807, 2.05) is 12.1 Å². The van der Waals surface area contributed by atoms with Gasteiger partial charge in [-0.2, -0.15) is 0 Å². The Labute approximate surface area is 121 Å². The summed E-state index contributed by atoms with van der Waals surface area (Å²) >= 11 is 5.89. The first-order chi connectivity index (χ1) is 8.70. The van der Waals surface area contributed by atoms with Gasteiger partial charge in [-0.05, 0) is 44.5 Å². The van der Waals surface area contributed by atoms with Crippen molar-refractivity contribution >= 4 is 21.4 Å². The standard InChI is InChI=1S/C14H22ClNO2S/c1-5-10-16-13(14(2,3)19(4,17)18)11-6-8-12(15)9-7-11/h6-9,13,16H,5,10H2,1-4H3. The van der Waals surface area contributed by atoms with E-state index in [1.165, 1.54) is 6.26 Å². The zero-order chi connectivity index (χ0) is 14.7. The molecule has 0 fully saturated rings. The van der Waals surface area contributed by atoms with Crippen LogP contribution in [-0.4, -0.2) is 26.0 Å². The smallest absolute Gasteiger partial charge is 0.154 e. The second kappa shape index (κ2) is 6.25. The summed E-state index contributed by atoms with van der Waals surface area (Å²) in [6.07, 6.45) is 2.23. The van der Waals surface area contributed by atoms with Crippen LogP contribution in [0.25, 0.3) is 0 Å². The molecule has 1 rings (SSSR count). The molecule has 108 valence electrons. The number of nitrogens with one attached hydrogen (secondary N) is 1. The molecule has 1 aromatic rings.